The molecule has 0 spiro atoms. The van der Waals surface area contributed by atoms with Gasteiger partial charge in [-0.1, -0.05) is 30.1 Å². The van der Waals surface area contributed by atoms with Crippen LogP contribution in [-0.4, -0.2) is 28.1 Å². The molecule has 2 aromatic heterocycles. The van der Waals surface area contributed by atoms with E-state index < -0.39 is 11.7 Å². The molecule has 0 aliphatic carbocycles. The van der Waals surface area contributed by atoms with E-state index in [1.54, 1.807) is 0 Å². The molecule has 24 heavy (non-hydrogen) atoms. The second-order valence-electron chi connectivity index (χ2n) is 4.62. The molecule has 0 saturated heterocycles. The Labute approximate surface area is 146 Å². The zero-order valence-corrected chi connectivity index (χ0v) is 14.0. The molecule has 0 radical (unpaired) electrons. The predicted molar refractivity (Wildman–Crippen MR) is 84.7 cm³/mol. The van der Waals surface area contributed by atoms with Crippen molar-refractivity contribution < 1.29 is 17.9 Å². The van der Waals surface area contributed by atoms with Gasteiger partial charge in [-0.3, -0.25) is 0 Å². The Bertz CT molecular complexity index is 713. The first-order valence-corrected chi connectivity index (χ1v) is 7.67. The molecular weight excluding hydrogens is 368 g/mol. The molecule has 0 aliphatic heterocycles. The second-order valence-corrected chi connectivity index (χ2v) is 5.41. The average Bonchev–Trinajstić information content (AvgIpc) is 2.53. The fourth-order valence-electron chi connectivity index (χ4n) is 1.78. The zero-order valence-electron chi connectivity index (χ0n) is 12.5. The van der Waals surface area contributed by atoms with E-state index in [1.165, 1.54) is 6.33 Å². The Balaban J connectivity index is 1.91. The lowest BCUT2D eigenvalue weighted by Gasteiger charge is -2.12. The Hall–Kier alpha value is -1.80. The number of aromatic nitrogens is 3. The summed E-state index contributed by atoms with van der Waals surface area (Å²) in [7, 11) is 0. The molecule has 130 valence electrons. The third-order valence-electron chi connectivity index (χ3n) is 2.96. The second kappa shape index (κ2) is 7.85. The number of nitrogens with one attached hydrogen (secondary N) is 1. The van der Waals surface area contributed by atoms with Gasteiger partial charge in [0, 0.05) is 6.20 Å². The van der Waals surface area contributed by atoms with E-state index in [0.717, 1.165) is 6.07 Å². The highest BCUT2D eigenvalue weighted by Gasteiger charge is 2.31. The van der Waals surface area contributed by atoms with E-state index >= 15 is 0 Å². The normalized spacial score (nSPS) is 11.4. The monoisotopic (exact) mass is 380 g/mol. The van der Waals surface area contributed by atoms with E-state index in [9.17, 15) is 13.2 Å². The number of alkyl halides is 3. The predicted octanol–water partition coefficient (Wildman–Crippen LogP) is 4.25. The lowest BCUT2D eigenvalue weighted by Crippen LogP contribution is -2.14. The van der Waals surface area contributed by atoms with Crippen LogP contribution < -0.4 is 10.1 Å². The molecule has 2 rings (SSSR count). The van der Waals surface area contributed by atoms with Gasteiger partial charge in [0.2, 0.25) is 5.88 Å². The summed E-state index contributed by atoms with van der Waals surface area (Å²) in [4.78, 5) is 11.6. The maximum absolute atomic E-state index is 12.5. The van der Waals surface area contributed by atoms with Crippen molar-refractivity contribution in [3.63, 3.8) is 0 Å². The van der Waals surface area contributed by atoms with Crippen LogP contribution in [-0.2, 0) is 12.6 Å². The molecule has 0 amide bonds. The van der Waals surface area contributed by atoms with Crippen LogP contribution in [0.15, 0.2) is 18.6 Å². The molecule has 10 heteroatoms. The lowest BCUT2D eigenvalue weighted by atomic mass is 10.3. The van der Waals surface area contributed by atoms with Gasteiger partial charge in [0.15, 0.2) is 0 Å². The number of pyridine rings is 1. The highest BCUT2D eigenvalue weighted by molar-refractivity contribution is 6.33. The number of rotatable bonds is 6. The van der Waals surface area contributed by atoms with E-state index in [2.05, 4.69) is 20.3 Å². The molecule has 0 unspecified atom stereocenters. The van der Waals surface area contributed by atoms with Gasteiger partial charge in [-0.05, 0) is 12.5 Å². The lowest BCUT2D eigenvalue weighted by molar-refractivity contribution is -0.137. The Kier molecular flexibility index (Phi) is 6.06. The average molecular weight is 381 g/mol. The topological polar surface area (TPSA) is 59.9 Å². The van der Waals surface area contributed by atoms with Gasteiger partial charge in [-0.2, -0.15) is 13.2 Å². The Morgan fingerprint density at radius 3 is 2.58 bits per heavy atom. The fourth-order valence-corrected chi connectivity index (χ4v) is 2.30. The number of anilines is 1. The van der Waals surface area contributed by atoms with E-state index in [0.29, 0.717) is 35.7 Å². The molecule has 5 nitrogen and oxygen atoms in total. The molecule has 0 bridgehead atoms. The first-order valence-electron chi connectivity index (χ1n) is 6.91. The molecule has 0 atom stereocenters. The molecule has 0 saturated carbocycles. The van der Waals surface area contributed by atoms with Gasteiger partial charge in [0.1, 0.15) is 28.8 Å². The summed E-state index contributed by atoms with van der Waals surface area (Å²) in [6.45, 7) is 2.33. The number of nitrogens with zero attached hydrogens (tertiary/aromatic N) is 3. The SMILES string of the molecule is CCc1ncnc(NCCOc2ncc(C(F)(F)F)cc2Cl)c1Cl. The standard InChI is InChI=1S/C14H13Cl2F3N4O/c1-2-10-11(16)12(23-7-22-10)20-3-4-24-13-9(15)5-8(6-21-13)14(17,18)19/h5-7H,2-4H2,1H3,(H,20,22,23). The zero-order chi connectivity index (χ0) is 17.7. The summed E-state index contributed by atoms with van der Waals surface area (Å²) in [6.07, 6.45) is -1.78. The van der Waals surface area contributed by atoms with Crippen LogP contribution in [0.3, 0.4) is 0 Å². The minimum Gasteiger partial charge on any atom is -0.475 e. The van der Waals surface area contributed by atoms with Crippen molar-refractivity contribution in [1.29, 1.82) is 0 Å². The summed E-state index contributed by atoms with van der Waals surface area (Å²) >= 11 is 11.9. The largest absolute Gasteiger partial charge is 0.475 e. The van der Waals surface area contributed by atoms with Gasteiger partial charge < -0.3 is 10.1 Å². The van der Waals surface area contributed by atoms with Gasteiger partial charge in [0.05, 0.1) is 17.8 Å². The molecule has 2 heterocycles. The van der Waals surface area contributed by atoms with E-state index in [-0.39, 0.29) is 17.5 Å². The highest BCUT2D eigenvalue weighted by atomic mass is 35.5. The summed E-state index contributed by atoms with van der Waals surface area (Å²) in [5, 5.41) is 3.17. The third-order valence-corrected chi connectivity index (χ3v) is 3.63. The molecule has 0 aliphatic rings. The van der Waals surface area contributed by atoms with E-state index in [4.69, 9.17) is 27.9 Å². The van der Waals surface area contributed by atoms with Crippen molar-refractivity contribution in [2.24, 2.45) is 0 Å². The minimum atomic E-state index is -4.50. The first kappa shape index (κ1) is 18.5. The number of hydrogen-bond acceptors (Lipinski definition) is 5. The smallest absolute Gasteiger partial charge is 0.417 e. The van der Waals surface area contributed by atoms with Gasteiger partial charge in [-0.25, -0.2) is 15.0 Å². The van der Waals surface area contributed by atoms with Crippen LogP contribution in [0.2, 0.25) is 10.0 Å². The van der Waals surface area contributed by atoms with Gasteiger partial charge in [0.25, 0.3) is 0 Å². The molecule has 2 aromatic rings. The summed E-state index contributed by atoms with van der Waals surface area (Å²) < 4.78 is 42.8. The van der Waals surface area contributed by atoms with Gasteiger partial charge in [-0.15, -0.1) is 0 Å². The first-order chi connectivity index (χ1) is 11.3. The van der Waals surface area contributed by atoms with Crippen molar-refractivity contribution in [3.05, 3.63) is 39.9 Å². The van der Waals surface area contributed by atoms with Crippen molar-refractivity contribution >= 4 is 29.0 Å². The van der Waals surface area contributed by atoms with Crippen LogP contribution >= 0.6 is 23.2 Å². The third kappa shape index (κ3) is 4.61. The minimum absolute atomic E-state index is 0.0745. The number of aryl methyl sites for hydroxylation is 1. The Morgan fingerprint density at radius 2 is 1.96 bits per heavy atom. The van der Waals surface area contributed by atoms with Crippen LogP contribution in [0.25, 0.3) is 0 Å². The maximum atomic E-state index is 12.5. The van der Waals surface area contributed by atoms with Crippen LogP contribution in [0, 0.1) is 0 Å². The van der Waals surface area contributed by atoms with Crippen molar-refractivity contribution in [1.82, 2.24) is 15.0 Å². The highest BCUT2D eigenvalue weighted by Crippen LogP contribution is 2.33. The van der Waals surface area contributed by atoms with Crippen LogP contribution in [0.1, 0.15) is 18.2 Å². The summed E-state index contributed by atoms with van der Waals surface area (Å²) in [5.74, 6) is 0.382. The van der Waals surface area contributed by atoms with Crippen LogP contribution in [0.4, 0.5) is 19.0 Å². The molecule has 0 fully saturated rings. The molecule has 1 N–H and O–H groups in total. The van der Waals surface area contributed by atoms with Crippen LogP contribution in [0.5, 0.6) is 5.88 Å². The quantitative estimate of drug-likeness (QED) is 0.759. The Morgan fingerprint density at radius 1 is 1.21 bits per heavy atom. The van der Waals surface area contributed by atoms with Crippen molar-refractivity contribution in [3.8, 4) is 5.88 Å². The number of ether oxygens (including phenoxy) is 1. The maximum Gasteiger partial charge on any atom is 0.417 e. The summed E-state index contributed by atoms with van der Waals surface area (Å²) in [5.41, 5.74) is -0.222. The summed E-state index contributed by atoms with van der Waals surface area (Å²) in [6, 6.07) is 0.770. The molecular formula is C14H13Cl2F3N4O. The number of hydrogen-bond donors (Lipinski definition) is 1. The fraction of sp³-hybridized carbons (Fsp3) is 0.357. The molecule has 0 aromatic carbocycles. The number of halogens is 5. The van der Waals surface area contributed by atoms with E-state index in [1.807, 2.05) is 6.92 Å². The van der Waals surface area contributed by atoms with Crippen molar-refractivity contribution in [2.45, 2.75) is 19.5 Å². The van der Waals surface area contributed by atoms with Crippen molar-refractivity contribution in [2.75, 3.05) is 18.5 Å². The van der Waals surface area contributed by atoms with Gasteiger partial charge >= 0.3 is 6.18 Å².